The van der Waals surface area contributed by atoms with Crippen LogP contribution in [-0.4, -0.2) is 15.0 Å². The minimum Gasteiger partial charge on any atom is -0.208 e. The predicted molar refractivity (Wildman–Crippen MR) is 232 cm³/mol. The fourth-order valence-electron chi connectivity index (χ4n) is 8.02. The van der Waals surface area contributed by atoms with E-state index < -0.39 is 0 Å². The summed E-state index contributed by atoms with van der Waals surface area (Å²) in [5, 5.41) is 10.2. The zero-order valence-corrected chi connectivity index (χ0v) is 30.5. The van der Waals surface area contributed by atoms with Gasteiger partial charge in [-0.05, 0) is 66.7 Å². The number of thiophene rings is 1. The number of rotatable bonds is 5. The number of hydrogen-bond donors (Lipinski definition) is 0. The van der Waals surface area contributed by atoms with Crippen LogP contribution in [0.2, 0.25) is 0 Å². The number of fused-ring (bicyclic) bond motifs is 9. The molecule has 2 heterocycles. The lowest BCUT2D eigenvalue weighted by molar-refractivity contribution is 1.07. The fraction of sp³-hybridized carbons (Fsp3) is 0. The molecule has 0 atom stereocenters. The lowest BCUT2D eigenvalue weighted by atomic mass is 9.92. The fourth-order valence-corrected chi connectivity index (χ4v) is 9.26. The first-order valence-corrected chi connectivity index (χ1v) is 19.3. The van der Waals surface area contributed by atoms with Gasteiger partial charge in [0.1, 0.15) is 0 Å². The smallest absolute Gasteiger partial charge is 0.164 e. The Morgan fingerprint density at radius 2 is 0.709 bits per heavy atom. The quantitative estimate of drug-likeness (QED) is 0.166. The van der Waals surface area contributed by atoms with Crippen LogP contribution in [0.25, 0.3) is 109 Å². The number of nitrogens with zero attached hydrogens (tertiary/aromatic N) is 3. The first-order chi connectivity index (χ1) is 27.2. The summed E-state index contributed by atoms with van der Waals surface area (Å²) in [5.41, 5.74) is 7.56. The van der Waals surface area contributed by atoms with Crippen LogP contribution in [0.3, 0.4) is 0 Å². The molecule has 0 fully saturated rings. The highest BCUT2D eigenvalue weighted by atomic mass is 32.1. The van der Waals surface area contributed by atoms with Crippen LogP contribution >= 0.6 is 11.3 Å². The van der Waals surface area contributed by atoms with Gasteiger partial charge in [0.05, 0.1) is 0 Å². The summed E-state index contributed by atoms with van der Waals surface area (Å²) in [4.78, 5) is 15.1. The largest absolute Gasteiger partial charge is 0.208 e. The average Bonchev–Trinajstić information content (AvgIpc) is 3.66. The van der Waals surface area contributed by atoms with E-state index in [0.29, 0.717) is 17.5 Å². The van der Waals surface area contributed by atoms with E-state index in [1.54, 1.807) is 0 Å². The van der Waals surface area contributed by atoms with Crippen molar-refractivity contribution in [2.24, 2.45) is 0 Å². The Morgan fingerprint density at radius 1 is 0.273 bits per heavy atom. The van der Waals surface area contributed by atoms with Crippen LogP contribution in [-0.2, 0) is 0 Å². The van der Waals surface area contributed by atoms with Crippen LogP contribution in [0.1, 0.15) is 0 Å². The summed E-state index contributed by atoms with van der Waals surface area (Å²) < 4.78 is 2.61. The molecule has 0 aliphatic carbocycles. The van der Waals surface area contributed by atoms with E-state index in [-0.39, 0.29) is 0 Å². The van der Waals surface area contributed by atoms with Crippen molar-refractivity contribution in [3.63, 3.8) is 0 Å². The molecule has 0 amide bonds. The van der Waals surface area contributed by atoms with Crippen molar-refractivity contribution < 1.29 is 0 Å². The minimum absolute atomic E-state index is 0.644. The summed E-state index contributed by atoms with van der Waals surface area (Å²) >= 11 is 1.85. The Labute approximate surface area is 321 Å². The molecule has 0 unspecified atom stereocenters. The number of benzene rings is 9. The molecule has 0 radical (unpaired) electrons. The van der Waals surface area contributed by atoms with Gasteiger partial charge in [-0.15, -0.1) is 11.3 Å². The molecule has 11 aromatic rings. The van der Waals surface area contributed by atoms with E-state index in [4.69, 9.17) is 15.0 Å². The summed E-state index contributed by atoms with van der Waals surface area (Å²) in [5.74, 6) is 1.94. The van der Waals surface area contributed by atoms with Crippen molar-refractivity contribution in [2.75, 3.05) is 0 Å². The van der Waals surface area contributed by atoms with Gasteiger partial charge >= 0.3 is 0 Å². The van der Waals surface area contributed by atoms with E-state index >= 15 is 0 Å². The zero-order valence-electron chi connectivity index (χ0n) is 29.6. The molecular formula is C51H31N3S. The highest BCUT2D eigenvalue weighted by molar-refractivity contribution is 7.26. The third-order valence-corrected chi connectivity index (χ3v) is 12.0. The summed E-state index contributed by atoms with van der Waals surface area (Å²) in [6.45, 7) is 0. The van der Waals surface area contributed by atoms with E-state index in [2.05, 4.69) is 158 Å². The SMILES string of the molecule is c1ccc(-c2nc(-c3ccc(-c4ccc5c6ccccc6c6ccccc6c5c4)cc3)nc(-c3ccc(-c4cccc5c4sc4ccccc45)cc3)n2)cc1. The Morgan fingerprint density at radius 3 is 1.33 bits per heavy atom. The maximum atomic E-state index is 5.07. The average molecular weight is 718 g/mol. The molecule has 0 aliphatic rings. The van der Waals surface area contributed by atoms with Gasteiger partial charge in [0, 0.05) is 36.9 Å². The maximum Gasteiger partial charge on any atom is 0.164 e. The molecule has 9 aromatic carbocycles. The van der Waals surface area contributed by atoms with Crippen LogP contribution in [0, 0.1) is 0 Å². The molecule has 0 bridgehead atoms. The van der Waals surface area contributed by atoms with Crippen molar-refractivity contribution in [3.8, 4) is 56.4 Å². The maximum absolute atomic E-state index is 5.07. The highest BCUT2D eigenvalue weighted by Crippen LogP contribution is 2.41. The van der Waals surface area contributed by atoms with Crippen LogP contribution in [0.5, 0.6) is 0 Å². The monoisotopic (exact) mass is 717 g/mol. The first kappa shape index (κ1) is 31.5. The molecule has 0 saturated carbocycles. The predicted octanol–water partition coefficient (Wildman–Crippen LogP) is 14.0. The lowest BCUT2D eigenvalue weighted by Gasteiger charge is -2.12. The molecule has 0 spiro atoms. The van der Waals surface area contributed by atoms with E-state index in [0.717, 1.165) is 22.3 Å². The number of hydrogen-bond acceptors (Lipinski definition) is 4. The van der Waals surface area contributed by atoms with Crippen LogP contribution < -0.4 is 0 Å². The third-order valence-electron chi connectivity index (χ3n) is 10.7. The van der Waals surface area contributed by atoms with Crippen molar-refractivity contribution in [1.29, 1.82) is 0 Å². The summed E-state index contributed by atoms with van der Waals surface area (Å²) in [7, 11) is 0. The van der Waals surface area contributed by atoms with Crippen molar-refractivity contribution >= 4 is 63.8 Å². The lowest BCUT2D eigenvalue weighted by Crippen LogP contribution is -2.00. The Kier molecular flexibility index (Phi) is 7.35. The van der Waals surface area contributed by atoms with Crippen molar-refractivity contribution in [3.05, 3.63) is 188 Å². The molecule has 55 heavy (non-hydrogen) atoms. The van der Waals surface area contributed by atoms with Crippen LogP contribution in [0.4, 0.5) is 0 Å². The first-order valence-electron chi connectivity index (χ1n) is 18.5. The van der Waals surface area contributed by atoms with Gasteiger partial charge in [-0.3, -0.25) is 0 Å². The van der Waals surface area contributed by atoms with Gasteiger partial charge in [0.25, 0.3) is 0 Å². The van der Waals surface area contributed by atoms with Gasteiger partial charge in [-0.1, -0.05) is 176 Å². The topological polar surface area (TPSA) is 38.7 Å². The second-order valence-electron chi connectivity index (χ2n) is 14.0. The standard InChI is InChI=1S/C51H31N3S/c1-2-11-34(12-3-1)49-52-50(54-51(53-49)36-27-23-33(24-28-36)38-18-10-19-45-44-17-8-9-20-47(44)55-48(38)45)35-25-21-32(22-26-35)37-29-30-43-41-15-5-4-13-39(41)40-14-6-7-16-42(40)46(43)31-37/h1-31H. The Hall–Kier alpha value is -7.01. The van der Waals surface area contributed by atoms with E-state index in [1.807, 2.05) is 41.7 Å². The molecule has 0 N–H and O–H groups in total. The summed E-state index contributed by atoms with van der Waals surface area (Å²) in [6.07, 6.45) is 0. The van der Waals surface area contributed by atoms with Gasteiger partial charge in [-0.25, -0.2) is 15.0 Å². The molecule has 2 aromatic heterocycles. The van der Waals surface area contributed by atoms with Gasteiger partial charge in [0.2, 0.25) is 0 Å². The van der Waals surface area contributed by atoms with E-state index in [9.17, 15) is 0 Å². The molecular weight excluding hydrogens is 687 g/mol. The Bertz CT molecular complexity index is 3200. The van der Waals surface area contributed by atoms with Gasteiger partial charge in [-0.2, -0.15) is 0 Å². The van der Waals surface area contributed by atoms with Crippen molar-refractivity contribution in [2.45, 2.75) is 0 Å². The molecule has 11 rings (SSSR count). The molecule has 0 saturated heterocycles. The third kappa shape index (κ3) is 5.38. The Balaban J connectivity index is 0.975. The van der Waals surface area contributed by atoms with Gasteiger partial charge in [0.15, 0.2) is 17.5 Å². The molecule has 0 aliphatic heterocycles. The highest BCUT2D eigenvalue weighted by Gasteiger charge is 2.15. The van der Waals surface area contributed by atoms with Crippen LogP contribution in [0.15, 0.2) is 188 Å². The minimum atomic E-state index is 0.644. The molecule has 4 heteroatoms. The summed E-state index contributed by atoms with van der Waals surface area (Å²) in [6, 6.07) is 66.9. The zero-order chi connectivity index (χ0) is 36.3. The molecule has 3 nitrogen and oxygen atoms in total. The van der Waals surface area contributed by atoms with Crippen molar-refractivity contribution in [1.82, 2.24) is 15.0 Å². The normalized spacial score (nSPS) is 11.6. The van der Waals surface area contributed by atoms with Gasteiger partial charge < -0.3 is 0 Å². The molecule has 256 valence electrons. The second kappa shape index (κ2) is 12.8. The second-order valence-corrected chi connectivity index (χ2v) is 15.0. The van der Waals surface area contributed by atoms with E-state index in [1.165, 1.54) is 69.2 Å². The number of aromatic nitrogens is 3.